The van der Waals surface area contributed by atoms with E-state index in [4.69, 9.17) is 10.2 Å². The van der Waals surface area contributed by atoms with Crippen molar-refractivity contribution in [3.63, 3.8) is 0 Å². The Morgan fingerprint density at radius 3 is 2.21 bits per heavy atom. The molecule has 1 heterocycles. The van der Waals surface area contributed by atoms with Gasteiger partial charge >= 0.3 is 11.9 Å². The highest BCUT2D eigenvalue weighted by Gasteiger charge is 2.22. The second-order valence-electron chi connectivity index (χ2n) is 5.82. The van der Waals surface area contributed by atoms with Gasteiger partial charge in [0.1, 0.15) is 11.1 Å². The first-order valence-corrected chi connectivity index (χ1v) is 7.69. The lowest BCUT2D eigenvalue weighted by Crippen LogP contribution is -2.39. The lowest BCUT2D eigenvalue weighted by Gasteiger charge is -2.18. The van der Waals surface area contributed by atoms with Gasteiger partial charge in [0.2, 0.25) is 5.43 Å². The third-order valence-electron chi connectivity index (χ3n) is 3.51. The minimum absolute atomic E-state index is 0.152. The largest absolute Gasteiger partial charge is 0.481 e. The van der Waals surface area contributed by atoms with Crippen LogP contribution >= 0.6 is 0 Å². The van der Waals surface area contributed by atoms with Gasteiger partial charge in [-0.25, -0.2) is 4.79 Å². The van der Waals surface area contributed by atoms with Crippen molar-refractivity contribution >= 4 is 17.8 Å². The van der Waals surface area contributed by atoms with Gasteiger partial charge in [-0.1, -0.05) is 13.3 Å². The van der Waals surface area contributed by atoms with Crippen LogP contribution in [-0.2, 0) is 4.79 Å². The molecule has 0 radical (unpaired) electrons. The Kier molecular flexibility index (Phi) is 6.69. The van der Waals surface area contributed by atoms with Crippen molar-refractivity contribution in [1.29, 1.82) is 0 Å². The van der Waals surface area contributed by atoms with E-state index in [9.17, 15) is 19.2 Å². The van der Waals surface area contributed by atoms with E-state index in [1.807, 2.05) is 6.92 Å². The number of aromatic nitrogens is 1. The normalized spacial score (nSPS) is 12.0. The van der Waals surface area contributed by atoms with Crippen LogP contribution in [0.1, 0.15) is 66.8 Å². The van der Waals surface area contributed by atoms with Gasteiger partial charge in [-0.2, -0.15) is 0 Å². The average molecular weight is 338 g/mol. The van der Waals surface area contributed by atoms with Crippen LogP contribution in [0.2, 0.25) is 0 Å². The van der Waals surface area contributed by atoms with E-state index in [1.54, 1.807) is 13.8 Å². The fourth-order valence-corrected chi connectivity index (χ4v) is 2.26. The molecule has 0 saturated heterocycles. The third-order valence-corrected chi connectivity index (χ3v) is 3.51. The van der Waals surface area contributed by atoms with Gasteiger partial charge in [0.15, 0.2) is 0 Å². The lowest BCUT2D eigenvalue weighted by molar-refractivity contribution is -0.137. The minimum Gasteiger partial charge on any atom is -0.481 e. The Bertz CT molecular complexity index is 692. The van der Waals surface area contributed by atoms with Crippen LogP contribution in [0.4, 0.5) is 0 Å². The Balaban J connectivity index is 3.23. The Hall–Kier alpha value is -2.64. The monoisotopic (exact) mass is 338 g/mol. The van der Waals surface area contributed by atoms with Gasteiger partial charge in [0.25, 0.3) is 5.91 Å². The van der Waals surface area contributed by atoms with Crippen molar-refractivity contribution in [1.82, 2.24) is 9.88 Å². The van der Waals surface area contributed by atoms with Gasteiger partial charge in [-0.05, 0) is 20.3 Å². The molecule has 1 unspecified atom stereocenters. The van der Waals surface area contributed by atoms with Crippen LogP contribution in [0.15, 0.2) is 17.2 Å². The highest BCUT2D eigenvalue weighted by Crippen LogP contribution is 2.09. The molecule has 0 aliphatic carbocycles. The lowest BCUT2D eigenvalue weighted by atomic mass is 10.1. The number of pyridine rings is 1. The number of rotatable bonds is 8. The van der Waals surface area contributed by atoms with Gasteiger partial charge in [0.05, 0.1) is 6.42 Å². The second-order valence-corrected chi connectivity index (χ2v) is 5.82. The third kappa shape index (κ3) is 4.94. The zero-order valence-corrected chi connectivity index (χ0v) is 13.9. The molecular formula is C16H22N2O6. The average Bonchev–Trinajstić information content (AvgIpc) is 2.46. The highest BCUT2D eigenvalue weighted by molar-refractivity contribution is 5.97. The van der Waals surface area contributed by atoms with Crippen LogP contribution in [-0.4, -0.2) is 38.7 Å². The molecule has 0 bridgehead atoms. The molecule has 0 spiro atoms. The van der Waals surface area contributed by atoms with Crippen molar-refractivity contribution in [2.75, 3.05) is 0 Å². The summed E-state index contributed by atoms with van der Waals surface area (Å²) in [5.74, 6) is -3.25. The molecule has 0 aliphatic rings. The van der Waals surface area contributed by atoms with Gasteiger partial charge in [0, 0.05) is 24.5 Å². The molecule has 1 atom stereocenters. The first kappa shape index (κ1) is 19.4. The van der Waals surface area contributed by atoms with E-state index in [2.05, 4.69) is 5.32 Å². The van der Waals surface area contributed by atoms with Crippen LogP contribution in [0.5, 0.6) is 0 Å². The Morgan fingerprint density at radius 2 is 1.75 bits per heavy atom. The number of carboxylic acids is 2. The predicted octanol–water partition coefficient (Wildman–Crippen LogP) is 1.50. The fourth-order valence-electron chi connectivity index (χ4n) is 2.26. The molecule has 0 fully saturated rings. The van der Waals surface area contributed by atoms with Crippen LogP contribution in [0.3, 0.4) is 0 Å². The number of nitrogens with zero attached hydrogens (tertiary/aromatic N) is 1. The predicted molar refractivity (Wildman–Crippen MR) is 86.5 cm³/mol. The number of carbonyl (C=O) groups excluding carboxylic acids is 1. The summed E-state index contributed by atoms with van der Waals surface area (Å²) >= 11 is 0. The molecule has 8 nitrogen and oxygen atoms in total. The minimum atomic E-state index is -1.42. The summed E-state index contributed by atoms with van der Waals surface area (Å²) in [4.78, 5) is 46.7. The standard InChI is InChI=1S/C16H22N2O6/c1-4-5-10(6-13(19)20)17-15(22)11-7-18(9(2)3)8-12(14(11)21)16(23)24/h7-10H,4-6H2,1-3H3,(H,17,22)(H,19,20)(H,23,24). The summed E-state index contributed by atoms with van der Waals surface area (Å²) < 4.78 is 1.46. The van der Waals surface area contributed by atoms with Crippen molar-refractivity contribution in [2.24, 2.45) is 0 Å². The molecule has 0 aliphatic heterocycles. The van der Waals surface area contributed by atoms with E-state index in [0.717, 1.165) is 0 Å². The first-order valence-electron chi connectivity index (χ1n) is 7.69. The number of aromatic carboxylic acids is 1. The summed E-state index contributed by atoms with van der Waals surface area (Å²) in [7, 11) is 0. The van der Waals surface area contributed by atoms with E-state index in [1.165, 1.54) is 17.0 Å². The van der Waals surface area contributed by atoms with Crippen molar-refractivity contribution in [3.8, 4) is 0 Å². The number of amides is 1. The fraction of sp³-hybridized carbons (Fsp3) is 0.500. The smallest absolute Gasteiger partial charge is 0.341 e. The maximum atomic E-state index is 12.4. The zero-order chi connectivity index (χ0) is 18.4. The number of carbonyl (C=O) groups is 3. The highest BCUT2D eigenvalue weighted by atomic mass is 16.4. The van der Waals surface area contributed by atoms with Crippen LogP contribution < -0.4 is 10.7 Å². The van der Waals surface area contributed by atoms with E-state index < -0.39 is 34.9 Å². The van der Waals surface area contributed by atoms with E-state index in [0.29, 0.717) is 12.8 Å². The summed E-state index contributed by atoms with van der Waals surface area (Å²) in [5.41, 5.74) is -1.70. The zero-order valence-electron chi connectivity index (χ0n) is 13.9. The van der Waals surface area contributed by atoms with E-state index >= 15 is 0 Å². The van der Waals surface area contributed by atoms with Crippen molar-refractivity contribution < 1.29 is 24.6 Å². The number of aliphatic carboxylic acids is 1. The van der Waals surface area contributed by atoms with Crippen LogP contribution in [0, 0.1) is 0 Å². The van der Waals surface area contributed by atoms with Gasteiger partial charge in [-0.3, -0.25) is 14.4 Å². The molecule has 0 saturated carbocycles. The summed E-state index contributed by atoms with van der Waals surface area (Å²) in [6.07, 6.45) is 3.31. The van der Waals surface area contributed by atoms with Gasteiger partial charge in [-0.15, -0.1) is 0 Å². The number of hydrogen-bond acceptors (Lipinski definition) is 4. The molecule has 3 N–H and O–H groups in total. The van der Waals surface area contributed by atoms with Crippen molar-refractivity contribution in [3.05, 3.63) is 33.7 Å². The number of carboxylic acid groups (broad SMARTS) is 2. The molecule has 132 valence electrons. The molecule has 0 aromatic carbocycles. The van der Waals surface area contributed by atoms with Crippen LogP contribution in [0.25, 0.3) is 0 Å². The quantitative estimate of drug-likeness (QED) is 0.659. The summed E-state index contributed by atoms with van der Waals surface area (Å²) in [6, 6.07) is -0.777. The van der Waals surface area contributed by atoms with Gasteiger partial charge < -0.3 is 20.1 Å². The molecule has 1 rings (SSSR count). The SMILES string of the molecule is CCCC(CC(=O)O)NC(=O)c1cn(C(C)C)cc(C(=O)O)c1=O. The van der Waals surface area contributed by atoms with E-state index in [-0.39, 0.29) is 18.0 Å². The summed E-state index contributed by atoms with van der Waals surface area (Å²) in [5, 5.41) is 20.5. The molecular weight excluding hydrogens is 316 g/mol. The Morgan fingerprint density at radius 1 is 1.17 bits per heavy atom. The number of nitrogens with one attached hydrogen (secondary N) is 1. The topological polar surface area (TPSA) is 126 Å². The second kappa shape index (κ2) is 8.28. The van der Waals surface area contributed by atoms with Crippen molar-refractivity contribution in [2.45, 2.75) is 52.1 Å². The summed E-state index contributed by atoms with van der Waals surface area (Å²) in [6.45, 7) is 5.40. The number of hydrogen-bond donors (Lipinski definition) is 3. The first-order chi connectivity index (χ1) is 11.2. The molecule has 8 heteroatoms. The molecule has 1 aromatic rings. The maximum absolute atomic E-state index is 12.4. The molecule has 24 heavy (non-hydrogen) atoms. The Labute approximate surface area is 139 Å². The molecule has 1 aromatic heterocycles. The molecule has 1 amide bonds. The maximum Gasteiger partial charge on any atom is 0.341 e.